The molecule has 0 saturated heterocycles. The summed E-state index contributed by atoms with van der Waals surface area (Å²) in [6, 6.07) is 0. The monoisotopic (exact) mass is 422 g/mol. The van der Waals surface area contributed by atoms with Crippen LogP contribution in [0.15, 0.2) is 47.6 Å². The van der Waals surface area contributed by atoms with Crippen LogP contribution in [0.25, 0.3) is 11.2 Å². The molecule has 5 heteroatoms. The van der Waals surface area contributed by atoms with E-state index in [-0.39, 0.29) is 0 Å². The number of anilines is 1. The van der Waals surface area contributed by atoms with Crippen molar-refractivity contribution in [3.8, 4) is 0 Å². The van der Waals surface area contributed by atoms with Gasteiger partial charge in [-0.2, -0.15) is 4.98 Å². The van der Waals surface area contributed by atoms with Crippen molar-refractivity contribution < 1.29 is 4.57 Å². The normalized spacial score (nSPS) is 22.8. The van der Waals surface area contributed by atoms with E-state index in [4.69, 9.17) is 5.73 Å². The molecular formula is C26H40N5+. The second-order valence-electron chi connectivity index (χ2n) is 9.73. The molecular weight excluding hydrogens is 382 g/mol. The van der Waals surface area contributed by atoms with Crippen LogP contribution in [0.2, 0.25) is 0 Å². The van der Waals surface area contributed by atoms with E-state index < -0.39 is 0 Å². The molecule has 168 valence electrons. The highest BCUT2D eigenvalue weighted by Crippen LogP contribution is 2.45. The highest BCUT2D eigenvalue weighted by Gasteiger charge is 2.34. The molecule has 0 radical (unpaired) electrons. The van der Waals surface area contributed by atoms with Crippen molar-refractivity contribution in [2.24, 2.45) is 18.4 Å². The summed E-state index contributed by atoms with van der Waals surface area (Å²) in [6.07, 6.45) is 17.9. The Hall–Kier alpha value is -2.43. The van der Waals surface area contributed by atoms with Crippen LogP contribution in [0, 0.1) is 11.3 Å². The number of hydrogen-bond donors (Lipinski definition) is 1. The third-order valence-corrected chi connectivity index (χ3v) is 7.51. The van der Waals surface area contributed by atoms with Crippen molar-refractivity contribution in [1.29, 1.82) is 0 Å². The Balaban J connectivity index is 1.53. The lowest BCUT2D eigenvalue weighted by molar-refractivity contribution is -0.647. The van der Waals surface area contributed by atoms with Crippen molar-refractivity contribution in [2.75, 3.05) is 5.73 Å². The van der Waals surface area contributed by atoms with Crippen molar-refractivity contribution in [3.63, 3.8) is 0 Å². The van der Waals surface area contributed by atoms with Crippen molar-refractivity contribution in [3.05, 3.63) is 47.6 Å². The third-order valence-electron chi connectivity index (χ3n) is 7.51. The first-order valence-corrected chi connectivity index (χ1v) is 11.7. The number of nitrogens with zero attached hydrogens (tertiary/aromatic N) is 4. The van der Waals surface area contributed by atoms with E-state index in [2.05, 4.69) is 67.4 Å². The average molecular weight is 423 g/mol. The van der Waals surface area contributed by atoms with Crippen LogP contribution in [-0.2, 0) is 13.6 Å². The first kappa shape index (κ1) is 23.2. The second kappa shape index (κ2) is 9.80. The van der Waals surface area contributed by atoms with Gasteiger partial charge in [0.2, 0.25) is 5.52 Å². The van der Waals surface area contributed by atoms with Gasteiger partial charge in [-0.25, -0.2) is 4.57 Å². The Labute approximate surface area is 187 Å². The van der Waals surface area contributed by atoms with E-state index in [1.54, 1.807) is 5.57 Å². The largest absolute Gasteiger partial charge is 0.380 e. The molecule has 1 aliphatic carbocycles. The molecule has 2 heterocycles. The van der Waals surface area contributed by atoms with E-state index in [9.17, 15) is 0 Å². The van der Waals surface area contributed by atoms with Crippen LogP contribution in [0.5, 0.6) is 0 Å². The summed E-state index contributed by atoms with van der Waals surface area (Å²) >= 11 is 0. The summed E-state index contributed by atoms with van der Waals surface area (Å²) in [4.78, 5) is 8.49. The van der Waals surface area contributed by atoms with Gasteiger partial charge in [0, 0.05) is 0 Å². The van der Waals surface area contributed by atoms with Gasteiger partial charge in [0.15, 0.2) is 18.5 Å². The van der Waals surface area contributed by atoms with E-state index in [0.29, 0.717) is 11.2 Å². The Morgan fingerprint density at radius 1 is 1.26 bits per heavy atom. The lowest BCUT2D eigenvalue weighted by atomic mass is 9.65. The summed E-state index contributed by atoms with van der Waals surface area (Å²) in [7, 11) is 1.99. The maximum absolute atomic E-state index is 6.08. The van der Waals surface area contributed by atoms with Gasteiger partial charge in [0.25, 0.3) is 0 Å². The Morgan fingerprint density at radius 3 is 2.74 bits per heavy atom. The molecule has 2 aromatic rings. The van der Waals surface area contributed by atoms with Crippen LogP contribution in [0.3, 0.4) is 0 Å². The Morgan fingerprint density at radius 2 is 2.00 bits per heavy atom. The smallest absolute Gasteiger partial charge is 0.307 e. The van der Waals surface area contributed by atoms with Crippen LogP contribution in [0.4, 0.5) is 5.82 Å². The standard InChI is InChI=1S/C26H40N5/c1-19(13-15-26(5)21(3)11-8-12-22(26)4)9-7-10-20(2)14-16-31-18-30(6)25-23(31)24(27)28-17-29-25/h9,11,14,17-18,22H,7-8,10,12-13,15-16H2,1-6H3,(H2,27,28,29)/q+1/b19-9+,20-14+/t22-,26-/m1/s1. The minimum absolute atomic E-state index is 0.365. The van der Waals surface area contributed by atoms with Gasteiger partial charge < -0.3 is 5.73 Å². The fourth-order valence-corrected chi connectivity index (χ4v) is 4.77. The maximum atomic E-state index is 6.08. The Bertz CT molecular complexity index is 1010. The Kier molecular flexibility index (Phi) is 7.34. The first-order valence-electron chi connectivity index (χ1n) is 11.7. The molecule has 0 unspecified atom stereocenters. The number of nitrogen functional groups attached to an aromatic ring is 1. The molecule has 0 bridgehead atoms. The van der Waals surface area contributed by atoms with Crippen molar-refractivity contribution >= 4 is 17.0 Å². The molecule has 3 rings (SSSR count). The van der Waals surface area contributed by atoms with Crippen molar-refractivity contribution in [1.82, 2.24) is 14.5 Å². The number of fused-ring (bicyclic) bond motifs is 1. The number of aryl methyl sites for hydroxylation is 1. The lowest BCUT2D eigenvalue weighted by Gasteiger charge is -2.40. The van der Waals surface area contributed by atoms with Gasteiger partial charge in [0.05, 0.1) is 13.6 Å². The molecule has 0 saturated carbocycles. The quantitative estimate of drug-likeness (QED) is 0.440. The zero-order valence-electron chi connectivity index (χ0n) is 20.3. The summed E-state index contributed by atoms with van der Waals surface area (Å²) in [5.74, 6) is 1.31. The predicted octanol–water partition coefficient (Wildman–Crippen LogP) is 5.67. The molecule has 31 heavy (non-hydrogen) atoms. The zero-order chi connectivity index (χ0) is 22.6. The lowest BCUT2D eigenvalue weighted by Crippen LogP contribution is -2.29. The minimum Gasteiger partial charge on any atom is -0.380 e. The number of hydrogen-bond acceptors (Lipinski definition) is 3. The SMILES string of the molecule is CC1=CCC[C@@H](C)[C@]1(C)CC/C(C)=C/CC/C(C)=C/Cn1c[n+](C)c2ncnc(N)c21. The van der Waals surface area contributed by atoms with Crippen LogP contribution < -0.4 is 10.3 Å². The molecule has 2 aromatic heterocycles. The van der Waals surface area contributed by atoms with Crippen LogP contribution >= 0.6 is 0 Å². The molecule has 0 spiro atoms. The highest BCUT2D eigenvalue weighted by atomic mass is 15.2. The van der Waals surface area contributed by atoms with Gasteiger partial charge in [-0.3, -0.25) is 4.57 Å². The maximum Gasteiger partial charge on any atom is 0.307 e. The highest BCUT2D eigenvalue weighted by molar-refractivity contribution is 5.79. The molecule has 0 aromatic carbocycles. The van der Waals surface area contributed by atoms with Crippen LogP contribution in [0.1, 0.15) is 73.1 Å². The fraction of sp³-hybridized carbons (Fsp3) is 0.577. The summed E-state index contributed by atoms with van der Waals surface area (Å²) in [5.41, 5.74) is 12.7. The second-order valence-corrected chi connectivity index (χ2v) is 9.73. The molecule has 5 nitrogen and oxygen atoms in total. The average Bonchev–Trinajstić information content (AvgIpc) is 3.06. The molecule has 0 aliphatic heterocycles. The molecule has 0 fully saturated rings. The van der Waals surface area contributed by atoms with E-state index in [1.165, 1.54) is 43.2 Å². The number of imidazole rings is 1. The van der Waals surface area contributed by atoms with E-state index in [0.717, 1.165) is 36.5 Å². The molecule has 2 atom stereocenters. The fourth-order valence-electron chi connectivity index (χ4n) is 4.77. The van der Waals surface area contributed by atoms with E-state index in [1.807, 2.05) is 17.9 Å². The van der Waals surface area contributed by atoms with Gasteiger partial charge in [-0.1, -0.05) is 53.8 Å². The number of aromatic nitrogens is 4. The van der Waals surface area contributed by atoms with Crippen LogP contribution in [-0.4, -0.2) is 14.5 Å². The van der Waals surface area contributed by atoms with Gasteiger partial charge in [-0.05, 0) is 70.6 Å². The van der Waals surface area contributed by atoms with Gasteiger partial charge >= 0.3 is 5.65 Å². The summed E-state index contributed by atoms with van der Waals surface area (Å²) < 4.78 is 4.12. The number of nitrogens with two attached hydrogens (primary N) is 1. The summed E-state index contributed by atoms with van der Waals surface area (Å²) in [5, 5.41) is 0. The molecule has 2 N–H and O–H groups in total. The number of rotatable bonds is 8. The zero-order valence-corrected chi connectivity index (χ0v) is 20.3. The van der Waals surface area contributed by atoms with E-state index >= 15 is 0 Å². The predicted molar refractivity (Wildman–Crippen MR) is 129 cm³/mol. The minimum atomic E-state index is 0.365. The number of allylic oxidation sites excluding steroid dienone is 6. The third kappa shape index (κ3) is 5.25. The summed E-state index contributed by atoms with van der Waals surface area (Å²) in [6.45, 7) is 12.5. The van der Waals surface area contributed by atoms with Crippen molar-refractivity contribution in [2.45, 2.75) is 79.7 Å². The van der Waals surface area contributed by atoms with Gasteiger partial charge in [0.1, 0.15) is 0 Å². The van der Waals surface area contributed by atoms with Gasteiger partial charge in [-0.15, -0.1) is 0 Å². The topological polar surface area (TPSA) is 60.6 Å². The molecule has 0 amide bonds. The first-order chi connectivity index (χ1) is 14.7. The molecule has 1 aliphatic rings.